The zero-order valence-corrected chi connectivity index (χ0v) is 16.9. The van der Waals surface area contributed by atoms with Crippen molar-refractivity contribution in [2.75, 3.05) is 7.11 Å². The molecule has 5 heteroatoms. The molecule has 0 spiro atoms. The summed E-state index contributed by atoms with van der Waals surface area (Å²) in [7, 11) is 1.49. The molecule has 0 aliphatic carbocycles. The van der Waals surface area contributed by atoms with Crippen molar-refractivity contribution in [2.45, 2.75) is 13.8 Å². The van der Waals surface area contributed by atoms with Crippen LogP contribution in [0.3, 0.4) is 0 Å². The van der Waals surface area contributed by atoms with Gasteiger partial charge in [0, 0.05) is 5.56 Å². The van der Waals surface area contributed by atoms with Crippen molar-refractivity contribution in [3.05, 3.63) is 94.2 Å². The molecule has 0 saturated heterocycles. The van der Waals surface area contributed by atoms with Crippen molar-refractivity contribution in [3.8, 4) is 17.2 Å². The second kappa shape index (κ2) is 7.87. The van der Waals surface area contributed by atoms with Crippen LogP contribution in [0.5, 0.6) is 17.2 Å². The standard InChI is InChI=1S/C25H20O5/c1-15-8-4-5-9-17(15)14-22-23(26)19-12-13-20(16(2)24(19)29-22)30-25(27)18-10-6-7-11-21(18)28-3/h4-14H,1-3H3/b22-14-. The van der Waals surface area contributed by atoms with Crippen LogP contribution in [0, 0.1) is 13.8 Å². The van der Waals surface area contributed by atoms with Crippen molar-refractivity contribution in [1.29, 1.82) is 0 Å². The summed E-state index contributed by atoms with van der Waals surface area (Å²) in [6.07, 6.45) is 1.73. The van der Waals surface area contributed by atoms with Gasteiger partial charge in [0.05, 0.1) is 12.7 Å². The number of para-hydroxylation sites is 1. The van der Waals surface area contributed by atoms with Crippen LogP contribution < -0.4 is 14.2 Å². The van der Waals surface area contributed by atoms with E-state index in [1.54, 1.807) is 49.4 Å². The van der Waals surface area contributed by atoms with E-state index in [1.165, 1.54) is 7.11 Å². The average molecular weight is 400 g/mol. The van der Waals surface area contributed by atoms with E-state index in [0.717, 1.165) is 11.1 Å². The molecule has 3 aromatic rings. The molecule has 1 aliphatic rings. The SMILES string of the molecule is COc1ccccc1C(=O)Oc1ccc2c(c1C)O/C(=C\c1ccccc1C)C2=O. The third kappa shape index (κ3) is 3.46. The molecule has 0 fully saturated rings. The minimum absolute atomic E-state index is 0.195. The van der Waals surface area contributed by atoms with E-state index < -0.39 is 5.97 Å². The van der Waals surface area contributed by atoms with Gasteiger partial charge in [0.25, 0.3) is 0 Å². The third-order valence-electron chi connectivity index (χ3n) is 5.04. The second-order valence-electron chi connectivity index (χ2n) is 6.95. The number of carbonyl (C=O) groups excluding carboxylic acids is 2. The molecule has 0 aromatic heterocycles. The van der Waals surface area contributed by atoms with Gasteiger partial charge < -0.3 is 14.2 Å². The monoisotopic (exact) mass is 400 g/mol. The summed E-state index contributed by atoms with van der Waals surface area (Å²) in [5.41, 5.74) is 3.30. The second-order valence-corrected chi connectivity index (χ2v) is 6.95. The van der Waals surface area contributed by atoms with Gasteiger partial charge in [0.1, 0.15) is 22.8 Å². The molecule has 0 amide bonds. The summed E-state index contributed by atoms with van der Waals surface area (Å²) >= 11 is 0. The Balaban J connectivity index is 1.64. The summed E-state index contributed by atoms with van der Waals surface area (Å²) in [5.74, 6) is 0.668. The maximum absolute atomic E-state index is 12.8. The Bertz CT molecular complexity index is 1190. The van der Waals surface area contributed by atoms with Crippen molar-refractivity contribution < 1.29 is 23.8 Å². The molecule has 4 rings (SSSR count). The third-order valence-corrected chi connectivity index (χ3v) is 5.04. The van der Waals surface area contributed by atoms with Crippen molar-refractivity contribution in [2.24, 2.45) is 0 Å². The fraction of sp³-hybridized carbons (Fsp3) is 0.120. The Kier molecular flexibility index (Phi) is 5.11. The molecule has 5 nitrogen and oxygen atoms in total. The first-order valence-electron chi connectivity index (χ1n) is 9.48. The molecule has 0 N–H and O–H groups in total. The molecule has 0 atom stereocenters. The quantitative estimate of drug-likeness (QED) is 0.344. The van der Waals surface area contributed by atoms with Crippen LogP contribution in [0.25, 0.3) is 6.08 Å². The Labute approximate surface area is 174 Å². The highest BCUT2D eigenvalue weighted by atomic mass is 16.5. The zero-order valence-electron chi connectivity index (χ0n) is 16.9. The maximum Gasteiger partial charge on any atom is 0.347 e. The Morgan fingerprint density at radius 2 is 1.67 bits per heavy atom. The first kappa shape index (κ1) is 19.5. The van der Waals surface area contributed by atoms with Gasteiger partial charge in [-0.2, -0.15) is 0 Å². The largest absolute Gasteiger partial charge is 0.496 e. The highest BCUT2D eigenvalue weighted by molar-refractivity contribution is 6.15. The predicted molar refractivity (Wildman–Crippen MR) is 113 cm³/mol. The van der Waals surface area contributed by atoms with Crippen LogP contribution in [-0.4, -0.2) is 18.9 Å². The summed E-state index contributed by atoms with van der Waals surface area (Å²) in [5, 5.41) is 0. The number of carbonyl (C=O) groups is 2. The minimum Gasteiger partial charge on any atom is -0.496 e. The number of ketones is 1. The van der Waals surface area contributed by atoms with Crippen molar-refractivity contribution >= 4 is 17.8 Å². The molecule has 0 unspecified atom stereocenters. The Morgan fingerprint density at radius 1 is 0.933 bits per heavy atom. The number of benzene rings is 3. The fourth-order valence-electron chi connectivity index (χ4n) is 3.34. The number of ether oxygens (including phenoxy) is 3. The zero-order chi connectivity index (χ0) is 21.3. The van der Waals surface area contributed by atoms with Crippen LogP contribution in [-0.2, 0) is 0 Å². The highest BCUT2D eigenvalue weighted by Gasteiger charge is 2.31. The van der Waals surface area contributed by atoms with Crippen molar-refractivity contribution in [1.82, 2.24) is 0 Å². The van der Waals surface area contributed by atoms with E-state index in [9.17, 15) is 9.59 Å². The lowest BCUT2D eigenvalue weighted by molar-refractivity contribution is 0.0729. The number of esters is 1. The number of aryl methyl sites for hydroxylation is 1. The molecular weight excluding hydrogens is 380 g/mol. The van der Waals surface area contributed by atoms with Crippen molar-refractivity contribution in [3.63, 3.8) is 0 Å². The van der Waals surface area contributed by atoms with Crippen LogP contribution in [0.4, 0.5) is 0 Å². The summed E-state index contributed by atoms with van der Waals surface area (Å²) < 4.78 is 16.7. The lowest BCUT2D eigenvalue weighted by Crippen LogP contribution is -2.11. The van der Waals surface area contributed by atoms with Gasteiger partial charge in [-0.3, -0.25) is 4.79 Å². The smallest absolute Gasteiger partial charge is 0.347 e. The Hall–Kier alpha value is -3.86. The number of hydrogen-bond donors (Lipinski definition) is 0. The molecule has 0 saturated carbocycles. The van der Waals surface area contributed by atoms with Crippen LogP contribution in [0.2, 0.25) is 0 Å². The number of methoxy groups -OCH3 is 1. The summed E-state index contributed by atoms with van der Waals surface area (Å²) in [4.78, 5) is 25.4. The molecular formula is C25H20O5. The maximum atomic E-state index is 12.8. The van der Waals surface area contributed by atoms with Gasteiger partial charge in [0.2, 0.25) is 5.78 Å². The fourth-order valence-corrected chi connectivity index (χ4v) is 3.34. The van der Waals surface area contributed by atoms with E-state index in [4.69, 9.17) is 14.2 Å². The molecule has 30 heavy (non-hydrogen) atoms. The van der Waals surface area contributed by atoms with Gasteiger partial charge in [0.15, 0.2) is 5.76 Å². The number of rotatable bonds is 4. The summed E-state index contributed by atoms with van der Waals surface area (Å²) in [6, 6.07) is 17.8. The van der Waals surface area contributed by atoms with E-state index in [-0.39, 0.29) is 11.5 Å². The van der Waals surface area contributed by atoms with E-state index >= 15 is 0 Å². The molecule has 3 aromatic carbocycles. The number of fused-ring (bicyclic) bond motifs is 1. The normalized spacial score (nSPS) is 13.7. The Morgan fingerprint density at radius 3 is 2.43 bits per heavy atom. The molecule has 1 heterocycles. The van der Waals surface area contributed by atoms with Gasteiger partial charge >= 0.3 is 5.97 Å². The lowest BCUT2D eigenvalue weighted by atomic mass is 10.0. The van der Waals surface area contributed by atoms with Crippen LogP contribution in [0.15, 0.2) is 66.4 Å². The number of Topliss-reactive ketones (excluding diaryl/α,β-unsaturated/α-hetero) is 1. The van der Waals surface area contributed by atoms with E-state index in [0.29, 0.717) is 33.9 Å². The van der Waals surface area contributed by atoms with E-state index in [2.05, 4.69) is 0 Å². The van der Waals surface area contributed by atoms with E-state index in [1.807, 2.05) is 31.2 Å². The van der Waals surface area contributed by atoms with Gasteiger partial charge in [-0.25, -0.2) is 4.79 Å². The summed E-state index contributed by atoms with van der Waals surface area (Å²) in [6.45, 7) is 3.73. The first-order chi connectivity index (χ1) is 14.5. The predicted octanol–water partition coefficient (Wildman–Crippen LogP) is 5.15. The lowest BCUT2D eigenvalue weighted by Gasteiger charge is -2.11. The highest BCUT2D eigenvalue weighted by Crippen LogP contribution is 2.39. The minimum atomic E-state index is -0.546. The van der Waals surface area contributed by atoms with Crippen LogP contribution in [0.1, 0.15) is 37.4 Å². The first-order valence-corrected chi connectivity index (χ1v) is 9.48. The van der Waals surface area contributed by atoms with Gasteiger partial charge in [-0.05, 0) is 55.3 Å². The number of hydrogen-bond acceptors (Lipinski definition) is 5. The molecule has 0 radical (unpaired) electrons. The van der Waals surface area contributed by atoms with Crippen LogP contribution >= 0.6 is 0 Å². The topological polar surface area (TPSA) is 61.8 Å². The molecule has 1 aliphatic heterocycles. The molecule has 0 bridgehead atoms. The number of allylic oxidation sites excluding steroid dienone is 1. The van der Waals surface area contributed by atoms with Gasteiger partial charge in [-0.1, -0.05) is 36.4 Å². The molecule has 150 valence electrons. The van der Waals surface area contributed by atoms with Gasteiger partial charge in [-0.15, -0.1) is 0 Å². The average Bonchev–Trinajstić information content (AvgIpc) is 3.08.